The van der Waals surface area contributed by atoms with Gasteiger partial charge in [-0.25, -0.2) is 0 Å². The van der Waals surface area contributed by atoms with Crippen LogP contribution in [-0.2, 0) is 4.79 Å². The van der Waals surface area contributed by atoms with Crippen LogP contribution >= 0.6 is 0 Å². The molecule has 2 heteroatoms. The summed E-state index contributed by atoms with van der Waals surface area (Å²) in [6.07, 6.45) is 3.21. The van der Waals surface area contributed by atoms with Crippen LogP contribution in [0.3, 0.4) is 0 Å². The molecule has 11 heavy (non-hydrogen) atoms. The van der Waals surface area contributed by atoms with E-state index in [1.807, 2.05) is 6.92 Å². The molecule has 2 aliphatic rings. The Bertz CT molecular complexity index is 200. The predicted molar refractivity (Wildman–Crippen MR) is 41.1 cm³/mol. The van der Waals surface area contributed by atoms with Gasteiger partial charge < -0.3 is 5.11 Å². The maximum absolute atomic E-state index is 11.4. The van der Waals surface area contributed by atoms with Crippen LogP contribution in [0.15, 0.2) is 0 Å². The lowest BCUT2D eigenvalue weighted by molar-refractivity contribution is -0.130. The van der Waals surface area contributed by atoms with E-state index in [1.54, 1.807) is 0 Å². The number of hydrogen-bond acceptors (Lipinski definition) is 2. The number of carbonyl (C=O) groups is 1. The summed E-state index contributed by atoms with van der Waals surface area (Å²) in [6.45, 7) is 1.94. The van der Waals surface area contributed by atoms with Crippen LogP contribution in [0.2, 0.25) is 0 Å². The van der Waals surface area contributed by atoms with E-state index < -0.39 is 0 Å². The first-order valence-corrected chi connectivity index (χ1v) is 4.37. The minimum Gasteiger partial charge on any atom is -0.392 e. The van der Waals surface area contributed by atoms with Gasteiger partial charge in [-0.2, -0.15) is 0 Å². The third kappa shape index (κ3) is 0.734. The number of aliphatic hydroxyl groups excluding tert-OH is 1. The zero-order chi connectivity index (χ0) is 8.06. The molecule has 0 aromatic rings. The molecule has 0 amide bonds. The van der Waals surface area contributed by atoms with Crippen LogP contribution in [0.4, 0.5) is 0 Å². The molecule has 2 aliphatic carbocycles. The summed E-state index contributed by atoms with van der Waals surface area (Å²) in [4.78, 5) is 11.4. The second kappa shape index (κ2) is 2.07. The zero-order valence-corrected chi connectivity index (χ0v) is 6.84. The normalized spacial score (nSPS) is 49.8. The molecule has 62 valence electrons. The Morgan fingerprint density at radius 2 is 2.18 bits per heavy atom. The smallest absolute Gasteiger partial charge is 0.141 e. The molecule has 0 heterocycles. The molecule has 0 aliphatic heterocycles. The molecular formula is C9H14O2. The zero-order valence-electron chi connectivity index (χ0n) is 6.84. The fraction of sp³-hybridized carbons (Fsp3) is 0.889. The van der Waals surface area contributed by atoms with E-state index in [4.69, 9.17) is 0 Å². The number of ketones is 1. The van der Waals surface area contributed by atoms with E-state index in [0.29, 0.717) is 12.3 Å². The van der Waals surface area contributed by atoms with Gasteiger partial charge >= 0.3 is 0 Å². The molecule has 0 radical (unpaired) electrons. The van der Waals surface area contributed by atoms with Gasteiger partial charge in [0, 0.05) is 6.42 Å². The molecule has 0 bridgehead atoms. The number of Topliss-reactive ketones (excluding diaryl/α,β-unsaturated/α-hetero) is 1. The summed E-state index contributed by atoms with van der Waals surface area (Å²) < 4.78 is 0. The van der Waals surface area contributed by atoms with Crippen molar-refractivity contribution in [3.63, 3.8) is 0 Å². The van der Waals surface area contributed by atoms with Crippen molar-refractivity contribution < 1.29 is 9.90 Å². The Morgan fingerprint density at radius 3 is 2.82 bits per heavy atom. The van der Waals surface area contributed by atoms with Crippen molar-refractivity contribution >= 4 is 5.78 Å². The van der Waals surface area contributed by atoms with Crippen molar-refractivity contribution in [2.24, 2.45) is 11.3 Å². The molecule has 0 aromatic heterocycles. The molecule has 1 N–H and O–H groups in total. The van der Waals surface area contributed by atoms with Gasteiger partial charge in [-0.3, -0.25) is 4.79 Å². The van der Waals surface area contributed by atoms with Gasteiger partial charge in [0.25, 0.3) is 0 Å². The average Bonchev–Trinajstić information content (AvgIpc) is 2.40. The summed E-state index contributed by atoms with van der Waals surface area (Å²) in [5.41, 5.74) is -0.361. The molecule has 0 saturated heterocycles. The van der Waals surface area contributed by atoms with Crippen molar-refractivity contribution in [3.05, 3.63) is 0 Å². The first kappa shape index (κ1) is 7.29. The third-order valence-electron chi connectivity index (χ3n) is 3.65. The largest absolute Gasteiger partial charge is 0.392 e. The van der Waals surface area contributed by atoms with Crippen LogP contribution in [0.5, 0.6) is 0 Å². The highest BCUT2D eigenvalue weighted by Crippen LogP contribution is 2.51. The van der Waals surface area contributed by atoms with Crippen molar-refractivity contribution in [2.75, 3.05) is 0 Å². The number of fused-ring (bicyclic) bond motifs is 1. The Hall–Kier alpha value is -0.370. The third-order valence-corrected chi connectivity index (χ3v) is 3.65. The maximum Gasteiger partial charge on any atom is 0.141 e. The van der Waals surface area contributed by atoms with Crippen molar-refractivity contribution in [1.82, 2.24) is 0 Å². The van der Waals surface area contributed by atoms with Gasteiger partial charge in [0.15, 0.2) is 0 Å². The molecule has 2 nitrogen and oxygen atoms in total. The first-order chi connectivity index (χ1) is 5.15. The summed E-state index contributed by atoms with van der Waals surface area (Å²) in [5, 5.41) is 9.61. The molecule has 3 atom stereocenters. The van der Waals surface area contributed by atoms with E-state index in [-0.39, 0.29) is 17.3 Å². The second-order valence-electron chi connectivity index (χ2n) is 4.03. The first-order valence-electron chi connectivity index (χ1n) is 4.37. The molecule has 2 rings (SSSR count). The number of hydrogen-bond donors (Lipinski definition) is 1. The summed E-state index contributed by atoms with van der Waals surface area (Å²) in [5.74, 6) is 0.762. The van der Waals surface area contributed by atoms with Crippen LogP contribution in [0.1, 0.15) is 32.6 Å². The summed E-state index contributed by atoms with van der Waals surface area (Å²) in [6, 6.07) is 0. The topological polar surface area (TPSA) is 37.3 Å². The Balaban J connectivity index is 2.34. The minimum absolute atomic E-state index is 0.285. The van der Waals surface area contributed by atoms with Gasteiger partial charge in [0.1, 0.15) is 5.78 Å². The Labute approximate surface area is 66.6 Å². The van der Waals surface area contributed by atoms with Gasteiger partial charge in [-0.05, 0) is 32.1 Å². The Kier molecular flexibility index (Phi) is 1.37. The molecular weight excluding hydrogens is 140 g/mol. The molecule has 0 unspecified atom stereocenters. The van der Waals surface area contributed by atoms with Crippen LogP contribution in [0, 0.1) is 11.3 Å². The van der Waals surface area contributed by atoms with Crippen LogP contribution in [0.25, 0.3) is 0 Å². The lowest BCUT2D eigenvalue weighted by Crippen LogP contribution is -2.35. The van der Waals surface area contributed by atoms with E-state index in [1.165, 1.54) is 0 Å². The van der Waals surface area contributed by atoms with Gasteiger partial charge in [0.05, 0.1) is 11.5 Å². The number of rotatable bonds is 0. The monoisotopic (exact) mass is 154 g/mol. The van der Waals surface area contributed by atoms with Gasteiger partial charge in [-0.15, -0.1) is 0 Å². The quantitative estimate of drug-likeness (QED) is 0.568. The van der Waals surface area contributed by atoms with Crippen molar-refractivity contribution in [1.29, 1.82) is 0 Å². The number of carbonyl (C=O) groups excluding carboxylic acids is 1. The highest BCUT2D eigenvalue weighted by Gasteiger charge is 2.54. The fourth-order valence-electron chi connectivity index (χ4n) is 2.66. The van der Waals surface area contributed by atoms with E-state index in [2.05, 4.69) is 0 Å². The van der Waals surface area contributed by atoms with Crippen molar-refractivity contribution in [2.45, 2.75) is 38.7 Å². The Morgan fingerprint density at radius 1 is 1.45 bits per heavy atom. The average molecular weight is 154 g/mol. The molecule has 2 saturated carbocycles. The highest BCUT2D eigenvalue weighted by atomic mass is 16.3. The standard InChI is InChI=1S/C9H14O2/c1-9-6(2-4-7(9)10)3-5-8(9)11/h6-7,10H,2-5H2,1H3/t6-,7+,9+/m1/s1. The summed E-state index contributed by atoms with van der Waals surface area (Å²) >= 11 is 0. The predicted octanol–water partition coefficient (Wildman–Crippen LogP) is 1.13. The molecule has 2 fully saturated rings. The van der Waals surface area contributed by atoms with E-state index >= 15 is 0 Å². The lowest BCUT2D eigenvalue weighted by Gasteiger charge is -2.25. The van der Waals surface area contributed by atoms with Crippen LogP contribution < -0.4 is 0 Å². The highest BCUT2D eigenvalue weighted by molar-refractivity contribution is 5.88. The fourth-order valence-corrected chi connectivity index (χ4v) is 2.66. The minimum atomic E-state index is -0.361. The van der Waals surface area contributed by atoms with Crippen LogP contribution in [-0.4, -0.2) is 17.0 Å². The van der Waals surface area contributed by atoms with Gasteiger partial charge in [-0.1, -0.05) is 0 Å². The molecule has 0 aromatic carbocycles. The number of aliphatic hydroxyl groups is 1. The SMILES string of the molecule is C[C@]12C(=O)CC[C@H]1CC[C@@H]2O. The van der Waals surface area contributed by atoms with Crippen molar-refractivity contribution in [3.8, 4) is 0 Å². The molecule has 0 spiro atoms. The summed E-state index contributed by atoms with van der Waals surface area (Å²) in [7, 11) is 0. The van der Waals surface area contributed by atoms with Gasteiger partial charge in [0.2, 0.25) is 0 Å². The van der Waals surface area contributed by atoms with E-state index in [9.17, 15) is 9.90 Å². The van der Waals surface area contributed by atoms with E-state index in [0.717, 1.165) is 19.3 Å². The lowest BCUT2D eigenvalue weighted by atomic mass is 9.80. The second-order valence-corrected chi connectivity index (χ2v) is 4.03. The maximum atomic E-state index is 11.4.